The number of aromatic nitrogens is 2. The van der Waals surface area contributed by atoms with Gasteiger partial charge in [0.2, 0.25) is 0 Å². The summed E-state index contributed by atoms with van der Waals surface area (Å²) in [6.07, 6.45) is 0. The summed E-state index contributed by atoms with van der Waals surface area (Å²) in [4.78, 5) is 26.3. The first-order chi connectivity index (χ1) is 11.7. The van der Waals surface area contributed by atoms with Crippen molar-refractivity contribution >= 4 is 17.4 Å². The Labute approximate surface area is 151 Å². The van der Waals surface area contributed by atoms with Gasteiger partial charge < -0.3 is 4.90 Å². The third kappa shape index (κ3) is 3.33. The standard InChI is InChI=1S/C18H21ClN4O2/c1-11(13-6-8-14(19)9-7-13)12(2)21(3)16-15(10-20)17(24)23(5)18(25)22(16)4/h6-9,11-12H,1-5H3/t11-,12+/m0/s1. The third-order valence-corrected chi connectivity index (χ3v) is 5.06. The van der Waals surface area contributed by atoms with Gasteiger partial charge in [-0.15, -0.1) is 0 Å². The van der Waals surface area contributed by atoms with Gasteiger partial charge in [-0.1, -0.05) is 30.7 Å². The highest BCUT2D eigenvalue weighted by atomic mass is 35.5. The number of nitriles is 1. The maximum atomic E-state index is 12.3. The van der Waals surface area contributed by atoms with Crippen molar-refractivity contribution in [1.29, 1.82) is 5.26 Å². The van der Waals surface area contributed by atoms with E-state index in [9.17, 15) is 14.9 Å². The van der Waals surface area contributed by atoms with Gasteiger partial charge in [-0.05, 0) is 24.6 Å². The number of likely N-dealkylation sites (N-methyl/N-ethyl adjacent to an activating group) is 1. The molecular formula is C18H21ClN4O2. The highest BCUT2D eigenvalue weighted by Gasteiger charge is 2.25. The summed E-state index contributed by atoms with van der Waals surface area (Å²) in [5, 5.41) is 10.1. The van der Waals surface area contributed by atoms with E-state index < -0.39 is 11.2 Å². The van der Waals surface area contributed by atoms with Gasteiger partial charge in [-0.2, -0.15) is 5.26 Å². The molecule has 7 heteroatoms. The lowest BCUT2D eigenvalue weighted by molar-refractivity contribution is 0.557. The van der Waals surface area contributed by atoms with E-state index in [4.69, 9.17) is 11.6 Å². The molecule has 2 aromatic rings. The van der Waals surface area contributed by atoms with Crippen molar-refractivity contribution in [2.24, 2.45) is 14.1 Å². The number of anilines is 1. The van der Waals surface area contributed by atoms with Crippen LogP contribution in [0.3, 0.4) is 0 Å². The average Bonchev–Trinajstić information content (AvgIpc) is 2.61. The van der Waals surface area contributed by atoms with Gasteiger partial charge in [0.25, 0.3) is 5.56 Å². The number of halogens is 1. The average molecular weight is 361 g/mol. The molecule has 0 saturated heterocycles. The van der Waals surface area contributed by atoms with Crippen LogP contribution in [-0.2, 0) is 14.1 Å². The van der Waals surface area contributed by atoms with Crippen molar-refractivity contribution in [3.63, 3.8) is 0 Å². The zero-order valence-corrected chi connectivity index (χ0v) is 15.7. The maximum Gasteiger partial charge on any atom is 0.332 e. The lowest BCUT2D eigenvalue weighted by atomic mass is 9.93. The monoisotopic (exact) mass is 360 g/mol. The molecule has 0 spiro atoms. The molecule has 0 radical (unpaired) electrons. The molecule has 25 heavy (non-hydrogen) atoms. The summed E-state index contributed by atoms with van der Waals surface area (Å²) in [6, 6.07) is 9.44. The minimum Gasteiger partial charge on any atom is -0.356 e. The predicted molar refractivity (Wildman–Crippen MR) is 99.4 cm³/mol. The summed E-state index contributed by atoms with van der Waals surface area (Å²) >= 11 is 5.94. The highest BCUT2D eigenvalue weighted by Crippen LogP contribution is 2.27. The van der Waals surface area contributed by atoms with Gasteiger partial charge in [0.05, 0.1) is 0 Å². The van der Waals surface area contributed by atoms with Crippen molar-refractivity contribution in [2.45, 2.75) is 25.8 Å². The van der Waals surface area contributed by atoms with Crippen LogP contribution in [0, 0.1) is 11.3 Å². The summed E-state index contributed by atoms with van der Waals surface area (Å²) in [5.74, 6) is 0.414. The van der Waals surface area contributed by atoms with E-state index >= 15 is 0 Å². The predicted octanol–water partition coefficient (Wildman–Crippen LogP) is 2.24. The molecule has 0 unspecified atom stereocenters. The molecule has 0 aliphatic carbocycles. The first kappa shape index (κ1) is 18.8. The molecular weight excluding hydrogens is 340 g/mol. The van der Waals surface area contributed by atoms with Crippen LogP contribution in [0.25, 0.3) is 0 Å². The summed E-state index contributed by atoms with van der Waals surface area (Å²) < 4.78 is 2.29. The normalized spacial score (nSPS) is 13.2. The topological polar surface area (TPSA) is 71.0 Å². The van der Waals surface area contributed by atoms with Gasteiger partial charge in [-0.25, -0.2) is 4.79 Å². The molecule has 0 fully saturated rings. The van der Waals surface area contributed by atoms with Gasteiger partial charge >= 0.3 is 5.69 Å². The fourth-order valence-corrected chi connectivity index (χ4v) is 3.04. The smallest absolute Gasteiger partial charge is 0.332 e. The molecule has 0 saturated carbocycles. The van der Waals surface area contributed by atoms with Crippen molar-refractivity contribution < 1.29 is 0 Å². The first-order valence-corrected chi connectivity index (χ1v) is 8.26. The Bertz CT molecular complexity index is 938. The van der Waals surface area contributed by atoms with Crippen LogP contribution in [0.15, 0.2) is 33.9 Å². The lowest BCUT2D eigenvalue weighted by Gasteiger charge is -2.33. The third-order valence-electron chi connectivity index (χ3n) is 4.81. The van der Waals surface area contributed by atoms with Crippen molar-refractivity contribution in [1.82, 2.24) is 9.13 Å². The van der Waals surface area contributed by atoms with E-state index in [0.717, 1.165) is 10.1 Å². The number of hydrogen-bond donors (Lipinski definition) is 0. The Morgan fingerprint density at radius 1 is 1.12 bits per heavy atom. The maximum absolute atomic E-state index is 12.3. The highest BCUT2D eigenvalue weighted by molar-refractivity contribution is 6.30. The number of rotatable bonds is 4. The van der Waals surface area contributed by atoms with E-state index in [1.807, 2.05) is 37.3 Å². The molecule has 2 atom stereocenters. The van der Waals surface area contributed by atoms with Crippen LogP contribution < -0.4 is 16.1 Å². The quantitative estimate of drug-likeness (QED) is 0.838. The van der Waals surface area contributed by atoms with Crippen molar-refractivity contribution in [3.8, 4) is 6.07 Å². The van der Waals surface area contributed by atoms with Crippen LogP contribution in [-0.4, -0.2) is 22.2 Å². The largest absolute Gasteiger partial charge is 0.356 e. The summed E-state index contributed by atoms with van der Waals surface area (Å²) in [6.45, 7) is 4.04. The molecule has 0 aliphatic rings. The summed E-state index contributed by atoms with van der Waals surface area (Å²) in [5.41, 5.74) is -0.00524. The van der Waals surface area contributed by atoms with E-state index in [0.29, 0.717) is 10.8 Å². The minimum atomic E-state index is -0.584. The Balaban J connectivity index is 2.52. The molecule has 1 aromatic heterocycles. The second-order valence-corrected chi connectivity index (χ2v) is 6.64. The second-order valence-electron chi connectivity index (χ2n) is 6.21. The zero-order valence-electron chi connectivity index (χ0n) is 14.9. The van der Waals surface area contributed by atoms with Crippen LogP contribution >= 0.6 is 11.6 Å². The Morgan fingerprint density at radius 2 is 1.68 bits per heavy atom. The van der Waals surface area contributed by atoms with Gasteiger partial charge in [0.1, 0.15) is 11.9 Å². The van der Waals surface area contributed by atoms with E-state index in [2.05, 4.69) is 6.92 Å². The number of hydrogen-bond acceptors (Lipinski definition) is 4. The van der Waals surface area contributed by atoms with E-state index in [1.165, 1.54) is 11.6 Å². The zero-order chi connectivity index (χ0) is 18.9. The van der Waals surface area contributed by atoms with Gasteiger partial charge in [-0.3, -0.25) is 13.9 Å². The van der Waals surface area contributed by atoms with Crippen molar-refractivity contribution in [3.05, 3.63) is 61.3 Å². The number of nitrogens with zero attached hydrogens (tertiary/aromatic N) is 4. The molecule has 2 rings (SSSR count). The summed E-state index contributed by atoms with van der Waals surface area (Å²) in [7, 11) is 4.72. The SMILES string of the molecule is C[C@H](c1ccc(Cl)cc1)[C@@H](C)N(C)c1c(C#N)c(=O)n(C)c(=O)n1C. The number of benzene rings is 1. The van der Waals surface area contributed by atoms with E-state index in [1.54, 1.807) is 19.0 Å². The second kappa shape index (κ2) is 7.16. The molecule has 6 nitrogen and oxygen atoms in total. The molecule has 132 valence electrons. The minimum absolute atomic E-state index is 0.0396. The lowest BCUT2D eigenvalue weighted by Crippen LogP contribution is -2.44. The molecule has 0 bridgehead atoms. The molecule has 0 N–H and O–H groups in total. The van der Waals surface area contributed by atoms with Gasteiger partial charge in [0.15, 0.2) is 5.56 Å². The van der Waals surface area contributed by atoms with Crippen LogP contribution in [0.5, 0.6) is 0 Å². The van der Waals surface area contributed by atoms with Crippen LogP contribution in [0.2, 0.25) is 5.02 Å². The molecule has 1 heterocycles. The Morgan fingerprint density at radius 3 is 2.20 bits per heavy atom. The van der Waals surface area contributed by atoms with Crippen molar-refractivity contribution in [2.75, 3.05) is 11.9 Å². The molecule has 0 aliphatic heterocycles. The van der Waals surface area contributed by atoms with Crippen LogP contribution in [0.4, 0.5) is 5.82 Å². The Kier molecular flexibility index (Phi) is 5.39. The molecule has 0 amide bonds. The Hall–Kier alpha value is -2.52. The molecule has 1 aromatic carbocycles. The van der Waals surface area contributed by atoms with E-state index in [-0.39, 0.29) is 17.5 Å². The van der Waals surface area contributed by atoms with Crippen LogP contribution in [0.1, 0.15) is 30.9 Å². The first-order valence-electron chi connectivity index (χ1n) is 7.89. The fourth-order valence-electron chi connectivity index (χ4n) is 2.92. The van der Waals surface area contributed by atoms with Gasteiger partial charge in [0, 0.05) is 38.1 Å². The fraction of sp³-hybridized carbons (Fsp3) is 0.389.